The average molecular weight is 210 g/mol. The van der Waals surface area contributed by atoms with Crippen molar-refractivity contribution in [2.24, 2.45) is 0 Å². The number of carbonyl (C=O) groups is 1. The van der Waals surface area contributed by atoms with E-state index in [2.05, 4.69) is 9.97 Å². The Balaban J connectivity index is 2.72. The van der Waals surface area contributed by atoms with Gasteiger partial charge in [0.05, 0.1) is 0 Å². The van der Waals surface area contributed by atoms with Crippen LogP contribution >= 0.6 is 11.8 Å². The van der Waals surface area contributed by atoms with E-state index in [1.165, 1.54) is 17.2 Å². The molecule has 0 aliphatic carbocycles. The number of aliphatic carboxylic acids is 1. The van der Waals surface area contributed by atoms with Crippen molar-refractivity contribution in [2.75, 3.05) is 0 Å². The lowest BCUT2D eigenvalue weighted by molar-refractivity contribution is -0.131. The summed E-state index contributed by atoms with van der Waals surface area (Å²) in [6.07, 6.45) is 1.06. The van der Waals surface area contributed by atoms with Gasteiger partial charge in [-0.05, 0) is 25.3 Å². The fraction of sp³-hybridized carbons (Fsp3) is 0.222. The predicted octanol–water partition coefficient (Wildman–Crippen LogP) is 1.78. The van der Waals surface area contributed by atoms with E-state index in [0.29, 0.717) is 5.16 Å². The maximum atomic E-state index is 10.2. The molecule has 0 bridgehead atoms. The smallest absolute Gasteiger partial charge is 0.328 e. The molecule has 0 saturated heterocycles. The van der Waals surface area contributed by atoms with Gasteiger partial charge in [-0.25, -0.2) is 14.8 Å². The molecule has 0 aromatic carbocycles. The van der Waals surface area contributed by atoms with Crippen LogP contribution in [-0.4, -0.2) is 21.0 Å². The lowest BCUT2D eigenvalue weighted by Crippen LogP contribution is -1.91. The number of aryl methyl sites for hydroxylation is 2. The molecule has 1 rings (SSSR count). The van der Waals surface area contributed by atoms with Crippen LogP contribution < -0.4 is 0 Å². The molecule has 1 N–H and O–H groups in total. The van der Waals surface area contributed by atoms with Crippen LogP contribution in [0.5, 0.6) is 0 Å². The zero-order valence-electron chi connectivity index (χ0n) is 7.89. The van der Waals surface area contributed by atoms with Gasteiger partial charge in [-0.15, -0.1) is 0 Å². The van der Waals surface area contributed by atoms with Gasteiger partial charge in [-0.1, -0.05) is 11.8 Å². The molecule has 0 aliphatic heterocycles. The van der Waals surface area contributed by atoms with Crippen molar-refractivity contribution in [3.05, 3.63) is 28.9 Å². The lowest BCUT2D eigenvalue weighted by atomic mass is 10.4. The van der Waals surface area contributed by atoms with E-state index in [-0.39, 0.29) is 0 Å². The van der Waals surface area contributed by atoms with Gasteiger partial charge in [0.2, 0.25) is 0 Å². The summed E-state index contributed by atoms with van der Waals surface area (Å²) in [5.41, 5.74) is 1.76. The van der Waals surface area contributed by atoms with E-state index in [4.69, 9.17) is 5.11 Å². The molecule has 4 nitrogen and oxygen atoms in total. The molecular weight excluding hydrogens is 200 g/mol. The number of hydrogen-bond acceptors (Lipinski definition) is 4. The number of thioether (sulfide) groups is 1. The van der Waals surface area contributed by atoms with Crippen molar-refractivity contribution in [2.45, 2.75) is 19.0 Å². The highest BCUT2D eigenvalue weighted by Gasteiger charge is 1.97. The first-order valence-electron chi connectivity index (χ1n) is 3.96. The van der Waals surface area contributed by atoms with Crippen molar-refractivity contribution in [1.82, 2.24) is 9.97 Å². The molecule has 14 heavy (non-hydrogen) atoms. The summed E-state index contributed by atoms with van der Waals surface area (Å²) in [5.74, 6) is -0.970. The summed E-state index contributed by atoms with van der Waals surface area (Å²) >= 11 is 1.19. The second-order valence-electron chi connectivity index (χ2n) is 2.69. The van der Waals surface area contributed by atoms with Gasteiger partial charge in [-0.3, -0.25) is 0 Å². The van der Waals surface area contributed by atoms with Crippen molar-refractivity contribution >= 4 is 17.7 Å². The molecule has 0 fully saturated rings. The quantitative estimate of drug-likeness (QED) is 0.468. The minimum absolute atomic E-state index is 0.569. The second-order valence-corrected chi connectivity index (χ2v) is 3.57. The van der Waals surface area contributed by atoms with E-state index < -0.39 is 5.97 Å². The highest BCUT2D eigenvalue weighted by Crippen LogP contribution is 2.14. The number of hydrogen-bond donors (Lipinski definition) is 1. The van der Waals surface area contributed by atoms with Gasteiger partial charge in [0.25, 0.3) is 0 Å². The Bertz CT molecular complexity index is 357. The Morgan fingerprint density at radius 3 is 2.50 bits per heavy atom. The molecule has 0 amide bonds. The summed E-state index contributed by atoms with van der Waals surface area (Å²) in [6, 6.07) is 1.87. The summed E-state index contributed by atoms with van der Waals surface area (Å²) in [4.78, 5) is 18.5. The Kier molecular flexibility index (Phi) is 3.64. The van der Waals surface area contributed by atoms with Crippen molar-refractivity contribution in [3.8, 4) is 0 Å². The molecule has 1 aromatic rings. The van der Waals surface area contributed by atoms with Crippen LogP contribution in [0.15, 0.2) is 22.7 Å². The number of rotatable bonds is 3. The third-order valence-electron chi connectivity index (χ3n) is 1.35. The van der Waals surface area contributed by atoms with Gasteiger partial charge in [0.1, 0.15) is 0 Å². The van der Waals surface area contributed by atoms with E-state index >= 15 is 0 Å². The first kappa shape index (κ1) is 10.7. The second kappa shape index (κ2) is 4.76. The molecule has 0 spiro atoms. The normalized spacial score (nSPS) is 10.7. The van der Waals surface area contributed by atoms with E-state index in [0.717, 1.165) is 17.5 Å². The van der Waals surface area contributed by atoms with Gasteiger partial charge < -0.3 is 5.11 Å². The molecule has 0 saturated carbocycles. The first-order chi connectivity index (χ1) is 6.58. The van der Waals surface area contributed by atoms with Crippen molar-refractivity contribution < 1.29 is 9.90 Å². The number of nitrogens with zero attached hydrogens (tertiary/aromatic N) is 2. The van der Waals surface area contributed by atoms with Crippen LogP contribution in [-0.2, 0) is 4.79 Å². The Morgan fingerprint density at radius 1 is 1.43 bits per heavy atom. The monoisotopic (exact) mass is 210 g/mol. The molecule has 1 aromatic heterocycles. The van der Waals surface area contributed by atoms with Crippen LogP contribution in [0.4, 0.5) is 0 Å². The fourth-order valence-corrected chi connectivity index (χ4v) is 1.60. The number of aromatic nitrogens is 2. The highest BCUT2D eigenvalue weighted by atomic mass is 32.2. The summed E-state index contributed by atoms with van der Waals surface area (Å²) in [5, 5.41) is 10.4. The Morgan fingerprint density at radius 2 is 2.00 bits per heavy atom. The first-order valence-corrected chi connectivity index (χ1v) is 4.84. The van der Waals surface area contributed by atoms with E-state index in [9.17, 15) is 4.79 Å². The summed E-state index contributed by atoms with van der Waals surface area (Å²) in [7, 11) is 0. The third kappa shape index (κ3) is 3.57. The zero-order valence-corrected chi connectivity index (χ0v) is 8.71. The van der Waals surface area contributed by atoms with Gasteiger partial charge in [-0.2, -0.15) is 0 Å². The Labute approximate surface area is 86.1 Å². The van der Waals surface area contributed by atoms with Gasteiger partial charge in [0, 0.05) is 17.5 Å². The third-order valence-corrected chi connectivity index (χ3v) is 2.01. The van der Waals surface area contributed by atoms with Gasteiger partial charge >= 0.3 is 5.97 Å². The van der Waals surface area contributed by atoms with Crippen LogP contribution in [0.25, 0.3) is 0 Å². The van der Waals surface area contributed by atoms with Crippen LogP contribution in [0, 0.1) is 13.8 Å². The molecular formula is C9H10N2O2S. The maximum Gasteiger partial charge on any atom is 0.328 e. The molecule has 0 aliphatic rings. The highest BCUT2D eigenvalue weighted by molar-refractivity contribution is 8.02. The van der Waals surface area contributed by atoms with Crippen molar-refractivity contribution in [3.63, 3.8) is 0 Å². The summed E-state index contributed by atoms with van der Waals surface area (Å²) < 4.78 is 0. The SMILES string of the molecule is Cc1cc(C)nc(SC=CC(=O)O)n1. The lowest BCUT2D eigenvalue weighted by Gasteiger charge is -1.98. The zero-order chi connectivity index (χ0) is 10.6. The molecule has 5 heteroatoms. The topological polar surface area (TPSA) is 63.1 Å². The molecule has 0 unspecified atom stereocenters. The number of carboxylic acids is 1. The number of carboxylic acid groups (broad SMARTS) is 1. The molecule has 1 heterocycles. The van der Waals surface area contributed by atoms with E-state index in [1.54, 1.807) is 0 Å². The van der Waals surface area contributed by atoms with Gasteiger partial charge in [0.15, 0.2) is 5.16 Å². The molecule has 0 atom stereocenters. The fourth-order valence-electron chi connectivity index (χ4n) is 0.899. The molecule has 0 radical (unpaired) electrons. The minimum atomic E-state index is -0.970. The maximum absolute atomic E-state index is 10.2. The van der Waals surface area contributed by atoms with Crippen LogP contribution in [0.2, 0.25) is 0 Å². The Hall–Kier alpha value is -1.36. The van der Waals surface area contributed by atoms with Crippen LogP contribution in [0.3, 0.4) is 0 Å². The minimum Gasteiger partial charge on any atom is -0.478 e. The molecule has 74 valence electrons. The summed E-state index contributed by atoms with van der Waals surface area (Å²) in [6.45, 7) is 3.75. The van der Waals surface area contributed by atoms with Crippen LogP contribution in [0.1, 0.15) is 11.4 Å². The van der Waals surface area contributed by atoms with E-state index in [1.807, 2.05) is 19.9 Å². The largest absolute Gasteiger partial charge is 0.478 e. The van der Waals surface area contributed by atoms with Crippen molar-refractivity contribution in [1.29, 1.82) is 0 Å². The average Bonchev–Trinajstić information content (AvgIpc) is 2.01. The standard InChI is InChI=1S/C9H10N2O2S/c1-6-5-7(2)11-9(10-6)14-4-3-8(12)13/h3-5H,1-2H3,(H,12,13). The predicted molar refractivity (Wildman–Crippen MR) is 54.1 cm³/mol.